The second-order valence-corrected chi connectivity index (χ2v) is 4.36. The maximum Gasteiger partial charge on any atom is 0.265 e. The number of hydrazine groups is 1. The van der Waals surface area contributed by atoms with Crippen molar-refractivity contribution in [2.75, 3.05) is 0 Å². The number of phenolic OH excluding ortho intramolecular Hbond substituents is 1. The number of amides is 1. The number of phenols is 1. The van der Waals surface area contributed by atoms with E-state index >= 15 is 0 Å². The molecule has 0 atom stereocenters. The first-order valence-corrected chi connectivity index (χ1v) is 5.41. The molecule has 0 radical (unpaired) electrons. The lowest BCUT2D eigenvalue weighted by Crippen LogP contribution is -2.41. The van der Waals surface area contributed by atoms with Gasteiger partial charge in [-0.15, -0.1) is 0 Å². The summed E-state index contributed by atoms with van der Waals surface area (Å²) < 4.78 is 0. The molecule has 0 unspecified atom stereocenters. The predicted molar refractivity (Wildman–Crippen MR) is 63.9 cm³/mol. The largest absolute Gasteiger partial charge is 0.505 e. The molecular formula is C10H12Cl2N2O2. The van der Waals surface area contributed by atoms with Gasteiger partial charge in [-0.05, 0) is 26.0 Å². The van der Waals surface area contributed by atoms with Crippen LogP contribution in [0.2, 0.25) is 10.0 Å². The number of nitrogens with one attached hydrogen (secondary N) is 2. The van der Waals surface area contributed by atoms with Crippen LogP contribution in [0.25, 0.3) is 0 Å². The smallest absolute Gasteiger partial charge is 0.265 e. The van der Waals surface area contributed by atoms with Crippen LogP contribution >= 0.6 is 23.2 Å². The summed E-state index contributed by atoms with van der Waals surface area (Å²) in [5.41, 5.74) is 5.51. The summed E-state index contributed by atoms with van der Waals surface area (Å²) in [6, 6.07) is 2.81. The minimum absolute atomic E-state index is 0.0437. The molecule has 0 spiro atoms. The van der Waals surface area contributed by atoms with Crippen LogP contribution in [-0.2, 0) is 0 Å². The van der Waals surface area contributed by atoms with E-state index in [1.165, 1.54) is 12.1 Å². The van der Waals surface area contributed by atoms with E-state index in [1.807, 2.05) is 13.8 Å². The third kappa shape index (κ3) is 3.27. The van der Waals surface area contributed by atoms with Gasteiger partial charge in [0.05, 0.1) is 10.0 Å². The van der Waals surface area contributed by atoms with Crippen LogP contribution in [0.3, 0.4) is 0 Å². The van der Waals surface area contributed by atoms with Crippen LogP contribution in [0.5, 0.6) is 5.75 Å². The van der Waals surface area contributed by atoms with Crippen molar-refractivity contribution < 1.29 is 9.90 Å². The highest BCUT2D eigenvalue weighted by atomic mass is 35.5. The van der Waals surface area contributed by atoms with E-state index in [9.17, 15) is 9.90 Å². The number of aromatic hydroxyl groups is 1. The van der Waals surface area contributed by atoms with Gasteiger partial charge in [-0.3, -0.25) is 10.2 Å². The van der Waals surface area contributed by atoms with Crippen molar-refractivity contribution in [2.45, 2.75) is 19.9 Å². The highest BCUT2D eigenvalue weighted by molar-refractivity contribution is 6.37. The Morgan fingerprint density at radius 1 is 1.31 bits per heavy atom. The van der Waals surface area contributed by atoms with Crippen molar-refractivity contribution in [1.29, 1.82) is 0 Å². The SMILES string of the molecule is CC(C)NNC(=O)c1cc(Cl)c(O)c(Cl)c1. The van der Waals surface area contributed by atoms with Gasteiger partial charge in [-0.2, -0.15) is 0 Å². The Morgan fingerprint density at radius 3 is 2.25 bits per heavy atom. The fraction of sp³-hybridized carbons (Fsp3) is 0.300. The standard InChI is InChI=1S/C10H12Cl2N2O2/c1-5(2)13-14-10(16)6-3-7(11)9(15)8(12)4-6/h3-5,13,15H,1-2H3,(H,14,16). The molecule has 88 valence electrons. The highest BCUT2D eigenvalue weighted by Gasteiger charge is 2.12. The predicted octanol–water partition coefficient (Wildman–Crippen LogP) is 2.34. The van der Waals surface area contributed by atoms with Gasteiger partial charge in [0.15, 0.2) is 5.75 Å². The lowest BCUT2D eigenvalue weighted by Gasteiger charge is -2.10. The molecule has 6 heteroatoms. The molecule has 3 N–H and O–H groups in total. The zero-order valence-electron chi connectivity index (χ0n) is 8.84. The Kier molecular flexibility index (Phi) is 4.41. The van der Waals surface area contributed by atoms with Gasteiger partial charge in [-0.25, -0.2) is 5.43 Å². The summed E-state index contributed by atoms with van der Waals surface area (Å²) in [6.07, 6.45) is 0. The topological polar surface area (TPSA) is 61.4 Å². The molecule has 1 amide bonds. The molecule has 16 heavy (non-hydrogen) atoms. The minimum atomic E-state index is -0.363. The van der Waals surface area contributed by atoms with E-state index in [2.05, 4.69) is 10.9 Å². The fourth-order valence-corrected chi connectivity index (χ4v) is 1.47. The van der Waals surface area contributed by atoms with E-state index in [0.29, 0.717) is 0 Å². The first-order valence-electron chi connectivity index (χ1n) is 4.65. The molecule has 1 rings (SSSR count). The fourth-order valence-electron chi connectivity index (χ4n) is 0.979. The lowest BCUT2D eigenvalue weighted by atomic mass is 10.2. The molecule has 0 saturated carbocycles. The maximum atomic E-state index is 11.6. The van der Waals surface area contributed by atoms with Crippen molar-refractivity contribution >= 4 is 29.1 Å². The zero-order chi connectivity index (χ0) is 12.3. The maximum absolute atomic E-state index is 11.6. The van der Waals surface area contributed by atoms with Crippen molar-refractivity contribution in [3.8, 4) is 5.75 Å². The number of rotatable bonds is 3. The summed E-state index contributed by atoms with van der Waals surface area (Å²) in [5.74, 6) is -0.589. The Balaban J connectivity index is 2.84. The molecule has 0 aliphatic carbocycles. The van der Waals surface area contributed by atoms with Gasteiger partial charge in [0.25, 0.3) is 5.91 Å². The minimum Gasteiger partial charge on any atom is -0.505 e. The van der Waals surface area contributed by atoms with Crippen molar-refractivity contribution in [3.05, 3.63) is 27.7 Å². The van der Waals surface area contributed by atoms with E-state index in [0.717, 1.165) is 0 Å². The molecule has 1 aromatic rings. The molecule has 0 saturated heterocycles. The molecule has 0 bridgehead atoms. The van der Waals surface area contributed by atoms with Gasteiger partial charge >= 0.3 is 0 Å². The molecule has 0 aliphatic rings. The number of halogens is 2. The monoisotopic (exact) mass is 262 g/mol. The normalized spacial score (nSPS) is 10.6. The number of carbonyl (C=O) groups excluding carboxylic acids is 1. The van der Waals surface area contributed by atoms with E-state index < -0.39 is 0 Å². The highest BCUT2D eigenvalue weighted by Crippen LogP contribution is 2.32. The second kappa shape index (κ2) is 5.39. The van der Waals surface area contributed by atoms with E-state index in [-0.39, 0.29) is 33.3 Å². The Labute approximate surface area is 104 Å². The van der Waals surface area contributed by atoms with Gasteiger partial charge in [0.2, 0.25) is 0 Å². The average molecular weight is 263 g/mol. The summed E-state index contributed by atoms with van der Waals surface area (Å²) in [6.45, 7) is 3.77. The number of benzene rings is 1. The summed E-state index contributed by atoms with van der Waals surface area (Å²) in [4.78, 5) is 11.6. The van der Waals surface area contributed by atoms with Crippen LogP contribution in [-0.4, -0.2) is 17.1 Å². The molecule has 4 nitrogen and oxygen atoms in total. The Bertz CT molecular complexity index is 385. The van der Waals surface area contributed by atoms with Crippen molar-refractivity contribution in [2.24, 2.45) is 0 Å². The van der Waals surface area contributed by atoms with Gasteiger partial charge in [0, 0.05) is 11.6 Å². The molecular weight excluding hydrogens is 251 g/mol. The van der Waals surface area contributed by atoms with E-state index in [1.54, 1.807) is 0 Å². The van der Waals surface area contributed by atoms with Gasteiger partial charge < -0.3 is 5.11 Å². The molecule has 1 aromatic carbocycles. The van der Waals surface area contributed by atoms with Crippen LogP contribution in [0.4, 0.5) is 0 Å². The van der Waals surface area contributed by atoms with Crippen LogP contribution < -0.4 is 10.9 Å². The quantitative estimate of drug-likeness (QED) is 0.733. The zero-order valence-corrected chi connectivity index (χ0v) is 10.4. The molecule has 0 aliphatic heterocycles. The third-order valence-electron chi connectivity index (χ3n) is 1.75. The summed E-state index contributed by atoms with van der Waals surface area (Å²) >= 11 is 11.4. The molecule has 0 heterocycles. The summed E-state index contributed by atoms with van der Waals surface area (Å²) in [7, 11) is 0. The number of hydrogen-bond donors (Lipinski definition) is 3. The number of carbonyl (C=O) groups is 1. The first kappa shape index (κ1) is 13.1. The van der Waals surface area contributed by atoms with Gasteiger partial charge in [-0.1, -0.05) is 23.2 Å². The average Bonchev–Trinajstić information content (AvgIpc) is 2.21. The van der Waals surface area contributed by atoms with Crippen LogP contribution in [0.15, 0.2) is 12.1 Å². The second-order valence-electron chi connectivity index (χ2n) is 3.54. The molecule has 0 aromatic heterocycles. The first-order chi connectivity index (χ1) is 7.41. The Hall–Kier alpha value is -0.970. The van der Waals surface area contributed by atoms with Crippen LogP contribution in [0.1, 0.15) is 24.2 Å². The van der Waals surface area contributed by atoms with Gasteiger partial charge in [0.1, 0.15) is 0 Å². The Morgan fingerprint density at radius 2 is 1.81 bits per heavy atom. The van der Waals surface area contributed by atoms with Crippen molar-refractivity contribution in [1.82, 2.24) is 10.9 Å². The van der Waals surface area contributed by atoms with E-state index in [4.69, 9.17) is 23.2 Å². The lowest BCUT2D eigenvalue weighted by molar-refractivity contribution is 0.0927. The van der Waals surface area contributed by atoms with Crippen molar-refractivity contribution in [3.63, 3.8) is 0 Å². The number of hydrogen-bond acceptors (Lipinski definition) is 3. The van der Waals surface area contributed by atoms with Crippen LogP contribution in [0, 0.1) is 0 Å². The summed E-state index contributed by atoms with van der Waals surface area (Å²) in [5, 5.41) is 9.41. The molecule has 0 fully saturated rings. The third-order valence-corrected chi connectivity index (χ3v) is 2.33.